The van der Waals surface area contributed by atoms with E-state index in [-0.39, 0.29) is 24.0 Å². The fourth-order valence-electron chi connectivity index (χ4n) is 1.95. The first-order valence-corrected chi connectivity index (χ1v) is 9.04. The van der Waals surface area contributed by atoms with Gasteiger partial charge in [-0.3, -0.25) is 4.99 Å². The summed E-state index contributed by atoms with van der Waals surface area (Å²) in [6.07, 6.45) is 5.99. The summed E-state index contributed by atoms with van der Waals surface area (Å²) in [7, 11) is 1.78. The van der Waals surface area contributed by atoms with Gasteiger partial charge in [0.05, 0.1) is 19.8 Å². The van der Waals surface area contributed by atoms with Crippen molar-refractivity contribution in [1.29, 1.82) is 0 Å². The molecule has 0 aromatic rings. The smallest absolute Gasteiger partial charge is 0.191 e. The zero-order chi connectivity index (χ0) is 16.6. The van der Waals surface area contributed by atoms with Crippen molar-refractivity contribution in [2.45, 2.75) is 39.0 Å². The van der Waals surface area contributed by atoms with Crippen molar-refractivity contribution in [3.63, 3.8) is 0 Å². The third-order valence-electron chi connectivity index (χ3n) is 3.59. The molecule has 0 aromatic carbocycles. The third-order valence-corrected chi connectivity index (χ3v) is 3.59. The summed E-state index contributed by atoms with van der Waals surface area (Å²) in [6, 6.07) is 0. The van der Waals surface area contributed by atoms with Crippen LogP contribution in [-0.2, 0) is 14.2 Å². The van der Waals surface area contributed by atoms with E-state index < -0.39 is 0 Å². The Morgan fingerprint density at radius 1 is 0.917 bits per heavy atom. The van der Waals surface area contributed by atoms with Crippen molar-refractivity contribution in [3.8, 4) is 0 Å². The molecule has 1 rings (SSSR count). The Morgan fingerprint density at radius 3 is 2.25 bits per heavy atom. The van der Waals surface area contributed by atoms with Gasteiger partial charge in [-0.25, -0.2) is 0 Å². The Bertz CT molecular complexity index is 303. The van der Waals surface area contributed by atoms with E-state index in [1.54, 1.807) is 7.05 Å². The molecule has 1 aliphatic rings. The molecule has 7 heteroatoms. The predicted molar refractivity (Wildman–Crippen MR) is 109 cm³/mol. The molecule has 0 heterocycles. The number of rotatable bonds is 15. The van der Waals surface area contributed by atoms with E-state index in [4.69, 9.17) is 14.2 Å². The Labute approximate surface area is 164 Å². The van der Waals surface area contributed by atoms with E-state index in [2.05, 4.69) is 22.5 Å². The van der Waals surface area contributed by atoms with Gasteiger partial charge in [0, 0.05) is 40.0 Å². The maximum absolute atomic E-state index is 5.60. The average Bonchev–Trinajstić information content (AvgIpc) is 3.38. The topological polar surface area (TPSA) is 64.1 Å². The van der Waals surface area contributed by atoms with Gasteiger partial charge in [-0.2, -0.15) is 0 Å². The molecule has 0 unspecified atom stereocenters. The van der Waals surface area contributed by atoms with Gasteiger partial charge in [-0.05, 0) is 31.6 Å². The van der Waals surface area contributed by atoms with Gasteiger partial charge < -0.3 is 24.8 Å². The van der Waals surface area contributed by atoms with E-state index in [9.17, 15) is 0 Å². The van der Waals surface area contributed by atoms with Crippen LogP contribution in [0.25, 0.3) is 0 Å². The molecule has 0 radical (unpaired) electrons. The summed E-state index contributed by atoms with van der Waals surface area (Å²) in [5, 5.41) is 6.51. The molecule has 0 spiro atoms. The highest BCUT2D eigenvalue weighted by Gasteiger charge is 2.20. The Balaban J connectivity index is 0.00000529. The molecule has 144 valence electrons. The summed E-state index contributed by atoms with van der Waals surface area (Å²) in [5.74, 6) is 1.66. The van der Waals surface area contributed by atoms with Gasteiger partial charge in [-0.1, -0.05) is 13.3 Å². The van der Waals surface area contributed by atoms with Crippen LogP contribution >= 0.6 is 24.0 Å². The fraction of sp³-hybridized carbons (Fsp3) is 0.941. The maximum Gasteiger partial charge on any atom is 0.191 e. The lowest BCUT2D eigenvalue weighted by atomic mass is 10.4. The van der Waals surface area contributed by atoms with Crippen molar-refractivity contribution in [1.82, 2.24) is 10.6 Å². The zero-order valence-electron chi connectivity index (χ0n) is 15.3. The van der Waals surface area contributed by atoms with E-state index >= 15 is 0 Å². The van der Waals surface area contributed by atoms with Crippen LogP contribution in [0.15, 0.2) is 4.99 Å². The van der Waals surface area contributed by atoms with Crippen molar-refractivity contribution < 1.29 is 14.2 Å². The lowest BCUT2D eigenvalue weighted by Crippen LogP contribution is -2.39. The minimum atomic E-state index is 0. The Hall–Kier alpha value is -0.120. The number of aliphatic imine (C=N–C) groups is 1. The van der Waals surface area contributed by atoms with Crippen LogP contribution in [0.2, 0.25) is 0 Å². The molecule has 2 N–H and O–H groups in total. The number of ether oxygens (including phenoxy) is 3. The third kappa shape index (κ3) is 15.4. The van der Waals surface area contributed by atoms with Crippen LogP contribution in [0.4, 0.5) is 0 Å². The molecule has 0 amide bonds. The molecular formula is C17H36IN3O3. The lowest BCUT2D eigenvalue weighted by Gasteiger charge is -2.12. The number of hydrogen-bond donors (Lipinski definition) is 2. The SMILES string of the molecule is CCCCOCCOCCNC(=NC)NCCCOCC1CC1.I. The highest BCUT2D eigenvalue weighted by molar-refractivity contribution is 14.0. The molecule has 0 atom stereocenters. The maximum atomic E-state index is 5.60. The van der Waals surface area contributed by atoms with Gasteiger partial charge in [-0.15, -0.1) is 24.0 Å². The molecule has 1 fully saturated rings. The second-order valence-electron chi connectivity index (χ2n) is 5.88. The number of halogens is 1. The number of guanidine groups is 1. The number of nitrogens with zero attached hydrogens (tertiary/aromatic N) is 1. The molecule has 24 heavy (non-hydrogen) atoms. The standard InChI is InChI=1S/C17H35N3O3.HI/c1-3-4-10-21-13-14-22-12-9-20-17(18-2)19-8-5-11-23-15-16-6-7-16;/h16H,3-15H2,1-2H3,(H2,18,19,20);1H. The molecule has 1 aliphatic carbocycles. The largest absolute Gasteiger partial charge is 0.381 e. The summed E-state index contributed by atoms with van der Waals surface area (Å²) < 4.78 is 16.5. The molecule has 0 aromatic heterocycles. The average molecular weight is 457 g/mol. The van der Waals surface area contributed by atoms with Crippen LogP contribution in [0.5, 0.6) is 0 Å². The Morgan fingerprint density at radius 2 is 1.58 bits per heavy atom. The molecular weight excluding hydrogens is 421 g/mol. The molecule has 0 bridgehead atoms. The molecule has 6 nitrogen and oxygen atoms in total. The molecule has 1 saturated carbocycles. The summed E-state index contributed by atoms with van der Waals surface area (Å²) in [6.45, 7) is 8.34. The van der Waals surface area contributed by atoms with Gasteiger partial charge in [0.25, 0.3) is 0 Å². The predicted octanol–water partition coefficient (Wildman–Crippen LogP) is 2.42. The minimum absolute atomic E-state index is 0. The first-order valence-electron chi connectivity index (χ1n) is 9.04. The highest BCUT2D eigenvalue weighted by Crippen LogP contribution is 2.28. The van der Waals surface area contributed by atoms with Gasteiger partial charge in [0.15, 0.2) is 5.96 Å². The summed E-state index contributed by atoms with van der Waals surface area (Å²) in [4.78, 5) is 4.19. The zero-order valence-corrected chi connectivity index (χ0v) is 17.7. The van der Waals surface area contributed by atoms with Crippen molar-refractivity contribution >= 4 is 29.9 Å². The molecule has 0 aliphatic heterocycles. The van der Waals surface area contributed by atoms with E-state index in [0.717, 1.165) is 57.6 Å². The lowest BCUT2D eigenvalue weighted by molar-refractivity contribution is 0.0487. The first kappa shape index (κ1) is 23.9. The summed E-state index contributed by atoms with van der Waals surface area (Å²) >= 11 is 0. The van der Waals surface area contributed by atoms with Gasteiger partial charge >= 0.3 is 0 Å². The van der Waals surface area contributed by atoms with E-state index in [0.29, 0.717) is 19.8 Å². The van der Waals surface area contributed by atoms with Crippen molar-refractivity contribution in [2.24, 2.45) is 10.9 Å². The number of nitrogens with one attached hydrogen (secondary N) is 2. The van der Waals surface area contributed by atoms with Crippen LogP contribution in [0, 0.1) is 5.92 Å². The van der Waals surface area contributed by atoms with Crippen LogP contribution in [-0.4, -0.2) is 65.7 Å². The highest BCUT2D eigenvalue weighted by atomic mass is 127. The summed E-state index contributed by atoms with van der Waals surface area (Å²) in [5.41, 5.74) is 0. The minimum Gasteiger partial charge on any atom is -0.381 e. The number of unbranched alkanes of at least 4 members (excludes halogenated alkanes) is 1. The second kappa shape index (κ2) is 17.7. The van der Waals surface area contributed by atoms with Gasteiger partial charge in [0.1, 0.15) is 0 Å². The monoisotopic (exact) mass is 457 g/mol. The van der Waals surface area contributed by atoms with Crippen LogP contribution < -0.4 is 10.6 Å². The van der Waals surface area contributed by atoms with Crippen molar-refractivity contribution in [2.75, 3.05) is 59.8 Å². The van der Waals surface area contributed by atoms with E-state index in [1.807, 2.05) is 0 Å². The fourth-order valence-corrected chi connectivity index (χ4v) is 1.95. The molecule has 0 saturated heterocycles. The first-order chi connectivity index (χ1) is 11.4. The van der Waals surface area contributed by atoms with Gasteiger partial charge in [0.2, 0.25) is 0 Å². The normalized spacial score (nSPS) is 14.3. The van der Waals surface area contributed by atoms with Crippen molar-refractivity contribution in [3.05, 3.63) is 0 Å². The quantitative estimate of drug-likeness (QED) is 0.171. The Kier molecular flexibility index (Phi) is 17.6. The van der Waals surface area contributed by atoms with E-state index in [1.165, 1.54) is 19.3 Å². The van der Waals surface area contributed by atoms with Crippen LogP contribution in [0.3, 0.4) is 0 Å². The second-order valence-corrected chi connectivity index (χ2v) is 5.88. The van der Waals surface area contributed by atoms with Crippen LogP contribution in [0.1, 0.15) is 39.0 Å². The number of hydrogen-bond acceptors (Lipinski definition) is 4.